The molecule has 1 aliphatic heterocycles. The minimum absolute atomic E-state index is 0.0292. The molecule has 5 rings (SSSR count). The number of rotatable bonds is 15. The van der Waals surface area contributed by atoms with Gasteiger partial charge in [-0.15, -0.1) is 0 Å². The summed E-state index contributed by atoms with van der Waals surface area (Å²) >= 11 is 0. The van der Waals surface area contributed by atoms with Crippen LogP contribution in [-0.4, -0.2) is 65.6 Å². The fourth-order valence-corrected chi connectivity index (χ4v) is 6.13. The van der Waals surface area contributed by atoms with Crippen LogP contribution < -0.4 is 20.1 Å². The molecule has 1 saturated heterocycles. The van der Waals surface area contributed by atoms with Gasteiger partial charge in [0.2, 0.25) is 11.8 Å². The molecule has 2 aromatic heterocycles. The van der Waals surface area contributed by atoms with E-state index in [1.165, 1.54) is 7.11 Å². The molecular formula is C29H35N6O8P. The topological polar surface area (TPSA) is 171 Å². The molecule has 1 aliphatic rings. The van der Waals surface area contributed by atoms with E-state index in [0.717, 1.165) is 5.56 Å². The second-order valence-corrected chi connectivity index (χ2v) is 11.8. The number of methoxy groups -OCH3 is 2. The Hall–Kier alpha value is -4.07. The highest BCUT2D eigenvalue weighted by atomic mass is 31.2. The average molecular weight is 627 g/mol. The molecule has 0 saturated carbocycles. The van der Waals surface area contributed by atoms with Crippen LogP contribution in [0.4, 0.5) is 5.95 Å². The monoisotopic (exact) mass is 626 g/mol. The molecule has 1 fully saturated rings. The van der Waals surface area contributed by atoms with Gasteiger partial charge in [-0.1, -0.05) is 48.5 Å². The first-order valence-corrected chi connectivity index (χ1v) is 15.5. The van der Waals surface area contributed by atoms with Gasteiger partial charge in [0, 0.05) is 19.6 Å². The van der Waals surface area contributed by atoms with Crippen molar-refractivity contribution in [3.8, 4) is 11.6 Å². The normalized spacial score (nSPS) is 19.5. The van der Waals surface area contributed by atoms with Crippen LogP contribution in [0, 0.1) is 5.92 Å². The number of nitrogen functional groups attached to an aromatic ring is 1. The smallest absolute Gasteiger partial charge is 0.459 e. The van der Waals surface area contributed by atoms with Crippen LogP contribution in [0.15, 0.2) is 67.0 Å². The first-order chi connectivity index (χ1) is 21.4. The molecule has 0 amide bonds. The second kappa shape index (κ2) is 14.6. The lowest BCUT2D eigenvalue weighted by Crippen LogP contribution is -2.27. The van der Waals surface area contributed by atoms with Gasteiger partial charge in [-0.25, -0.2) is 14.6 Å². The molecule has 4 unspecified atom stereocenters. The summed E-state index contributed by atoms with van der Waals surface area (Å²) in [6.07, 6.45) is 1.83. The average Bonchev–Trinajstić information content (AvgIpc) is 3.65. The van der Waals surface area contributed by atoms with E-state index in [2.05, 4.69) is 20.0 Å². The summed E-state index contributed by atoms with van der Waals surface area (Å²) in [4.78, 5) is 25.4. The summed E-state index contributed by atoms with van der Waals surface area (Å²) in [5.41, 5.74) is 7.65. The lowest BCUT2D eigenvalue weighted by Gasteiger charge is -2.22. The van der Waals surface area contributed by atoms with E-state index in [1.807, 2.05) is 30.3 Å². The summed E-state index contributed by atoms with van der Waals surface area (Å²) in [7, 11) is -0.939. The van der Waals surface area contributed by atoms with Crippen molar-refractivity contribution >= 4 is 30.8 Å². The maximum Gasteiger partial charge on any atom is 0.459 e. The van der Waals surface area contributed by atoms with Gasteiger partial charge in [-0.2, -0.15) is 9.97 Å². The first kappa shape index (κ1) is 31.4. The zero-order chi connectivity index (χ0) is 30.9. The summed E-state index contributed by atoms with van der Waals surface area (Å²) in [5.74, 6) is -0.0478. The van der Waals surface area contributed by atoms with Crippen molar-refractivity contribution in [1.82, 2.24) is 24.6 Å². The number of anilines is 1. The molecule has 0 radical (unpaired) electrons. The Morgan fingerprint density at radius 2 is 1.86 bits per heavy atom. The maximum absolute atomic E-state index is 13.9. The van der Waals surface area contributed by atoms with Gasteiger partial charge >= 0.3 is 13.7 Å². The third-order valence-electron chi connectivity index (χ3n) is 6.93. The van der Waals surface area contributed by atoms with Crippen LogP contribution in [0.2, 0.25) is 0 Å². The van der Waals surface area contributed by atoms with Crippen LogP contribution in [0.25, 0.3) is 11.2 Å². The maximum atomic E-state index is 13.9. The fourth-order valence-electron chi connectivity index (χ4n) is 4.84. The van der Waals surface area contributed by atoms with E-state index in [-0.39, 0.29) is 31.0 Å². The van der Waals surface area contributed by atoms with Crippen molar-refractivity contribution in [2.45, 2.75) is 31.8 Å². The van der Waals surface area contributed by atoms with E-state index in [1.54, 1.807) is 48.3 Å². The Bertz CT molecular complexity index is 1570. The molecular weight excluding hydrogens is 591 g/mol. The molecule has 0 spiro atoms. The molecule has 2 aromatic carbocycles. The van der Waals surface area contributed by atoms with Crippen LogP contribution in [0.1, 0.15) is 24.6 Å². The van der Waals surface area contributed by atoms with Crippen LogP contribution >= 0.6 is 7.75 Å². The van der Waals surface area contributed by atoms with Gasteiger partial charge in [0.15, 0.2) is 11.2 Å². The number of aromatic nitrogens is 4. The zero-order valence-corrected chi connectivity index (χ0v) is 25.3. The van der Waals surface area contributed by atoms with Crippen LogP contribution in [0.3, 0.4) is 0 Å². The number of nitrogens with two attached hydrogens (primary N) is 1. The lowest BCUT2D eigenvalue weighted by molar-refractivity contribution is -0.143. The van der Waals surface area contributed by atoms with Crippen LogP contribution in [-0.2, 0) is 34.7 Å². The minimum atomic E-state index is -4.05. The fraction of sp³-hybridized carbons (Fsp3) is 0.379. The highest BCUT2D eigenvalue weighted by Gasteiger charge is 2.39. The standard InChI is InChI=1S/C29H35N6O8P/c1-38-14-13-21-15-23(42-28(21)35-19-31-25-26(35)33-29(30)34-27(25)39-2)18-41-44(37,43-22-11-7-4-8-12-22)32-16-24(36)40-17-20-9-5-3-6-10-20/h3-12,19,21,23,28H,13-18H2,1-2H3,(H,32,37)(H2,30,33,34). The highest BCUT2D eigenvalue weighted by molar-refractivity contribution is 7.52. The number of hydrogen-bond donors (Lipinski definition) is 2. The Morgan fingerprint density at radius 3 is 2.59 bits per heavy atom. The minimum Gasteiger partial charge on any atom is -0.479 e. The number of nitrogens with one attached hydrogen (secondary N) is 1. The molecule has 4 atom stereocenters. The molecule has 44 heavy (non-hydrogen) atoms. The van der Waals surface area contributed by atoms with Crippen molar-refractivity contribution in [2.75, 3.05) is 39.7 Å². The number of ether oxygens (including phenoxy) is 4. The van der Waals surface area contributed by atoms with E-state index in [0.29, 0.717) is 36.4 Å². The number of imidazole rings is 1. The Labute approximate surface area is 254 Å². The first-order valence-electron chi connectivity index (χ1n) is 14.0. The molecule has 15 heteroatoms. The largest absolute Gasteiger partial charge is 0.479 e. The van der Waals surface area contributed by atoms with Crippen LogP contribution in [0.5, 0.6) is 11.6 Å². The summed E-state index contributed by atoms with van der Waals surface area (Å²) in [6, 6.07) is 17.8. The summed E-state index contributed by atoms with van der Waals surface area (Å²) in [6.45, 7) is 0.0831. The number of para-hydroxylation sites is 1. The Balaban J connectivity index is 1.28. The predicted molar refractivity (Wildman–Crippen MR) is 160 cm³/mol. The lowest BCUT2D eigenvalue weighted by atomic mass is 10.00. The van der Waals surface area contributed by atoms with Gasteiger partial charge < -0.3 is 29.2 Å². The third-order valence-corrected chi connectivity index (χ3v) is 8.41. The van der Waals surface area contributed by atoms with Gasteiger partial charge in [0.25, 0.3) is 0 Å². The van der Waals surface area contributed by atoms with Gasteiger partial charge in [0.05, 0.1) is 26.1 Å². The van der Waals surface area contributed by atoms with E-state index < -0.39 is 32.6 Å². The van der Waals surface area contributed by atoms with Gasteiger partial charge in [-0.05, 0) is 30.5 Å². The number of carbonyl (C=O) groups excluding carboxylic acids is 1. The molecule has 4 aromatic rings. The van der Waals surface area contributed by atoms with Crippen molar-refractivity contribution in [1.29, 1.82) is 0 Å². The zero-order valence-electron chi connectivity index (χ0n) is 24.4. The van der Waals surface area contributed by atoms with E-state index >= 15 is 0 Å². The Kier molecular flexibility index (Phi) is 10.4. The number of benzene rings is 2. The van der Waals surface area contributed by atoms with E-state index in [4.69, 9.17) is 33.7 Å². The summed E-state index contributed by atoms with van der Waals surface area (Å²) < 4.78 is 49.6. The van der Waals surface area contributed by atoms with Crippen molar-refractivity contribution in [3.05, 3.63) is 72.6 Å². The molecule has 3 N–H and O–H groups in total. The molecule has 14 nitrogen and oxygen atoms in total. The number of fused-ring (bicyclic) bond motifs is 1. The van der Waals surface area contributed by atoms with Crippen molar-refractivity contribution in [3.63, 3.8) is 0 Å². The third kappa shape index (κ3) is 7.90. The molecule has 234 valence electrons. The predicted octanol–water partition coefficient (Wildman–Crippen LogP) is 3.89. The number of carbonyl (C=O) groups is 1. The SMILES string of the molecule is COCCC1CC(COP(=O)(NCC(=O)OCc2ccccc2)Oc2ccccc2)OC1n1cnc2c(OC)nc(N)nc21. The second-order valence-electron chi connectivity index (χ2n) is 10.0. The van der Waals surface area contributed by atoms with Gasteiger partial charge in [0.1, 0.15) is 25.1 Å². The van der Waals surface area contributed by atoms with Gasteiger partial charge in [-0.3, -0.25) is 13.9 Å². The molecule has 3 heterocycles. The Morgan fingerprint density at radius 1 is 1.11 bits per heavy atom. The molecule has 0 aliphatic carbocycles. The molecule has 0 bridgehead atoms. The van der Waals surface area contributed by atoms with Crippen molar-refractivity contribution in [2.24, 2.45) is 5.92 Å². The number of nitrogens with zero attached hydrogens (tertiary/aromatic N) is 4. The number of hydrogen-bond acceptors (Lipinski definition) is 12. The quantitative estimate of drug-likeness (QED) is 0.144. The number of esters is 1. The summed E-state index contributed by atoms with van der Waals surface area (Å²) in [5, 5.41) is 2.63. The van der Waals surface area contributed by atoms with Crippen molar-refractivity contribution < 1.29 is 37.4 Å². The van der Waals surface area contributed by atoms with E-state index in [9.17, 15) is 9.36 Å². The highest BCUT2D eigenvalue weighted by Crippen LogP contribution is 2.46.